The van der Waals surface area contributed by atoms with Gasteiger partial charge in [0.1, 0.15) is 0 Å². The van der Waals surface area contributed by atoms with Crippen LogP contribution in [0.25, 0.3) is 0 Å². The fourth-order valence-corrected chi connectivity index (χ4v) is 5.40. The van der Waals surface area contributed by atoms with E-state index in [4.69, 9.17) is 20.4 Å². The van der Waals surface area contributed by atoms with Gasteiger partial charge in [0.05, 0.1) is 17.3 Å². The van der Waals surface area contributed by atoms with Gasteiger partial charge in [-0.1, -0.05) is 39.0 Å². The Morgan fingerprint density at radius 3 is 1.21 bits per heavy atom. The highest BCUT2D eigenvalue weighted by Gasteiger charge is 2.11. The Balaban J connectivity index is -0.0000000792. The molecule has 0 saturated heterocycles. The van der Waals surface area contributed by atoms with Crippen molar-refractivity contribution in [1.29, 1.82) is 0 Å². The molecule has 0 aliphatic rings. The highest BCUT2D eigenvalue weighted by atomic mass is 35.7. The van der Waals surface area contributed by atoms with E-state index in [1.807, 2.05) is 13.8 Å². The summed E-state index contributed by atoms with van der Waals surface area (Å²) in [6.07, 6.45) is 7.00. The first-order valence-corrected chi connectivity index (χ1v) is 14.9. The molecule has 0 unspecified atom stereocenters. The van der Waals surface area contributed by atoms with Crippen LogP contribution >= 0.6 is 51.2 Å². The molecule has 8 nitrogen and oxygen atoms in total. The maximum atomic E-state index is 10.5. The third-order valence-electron chi connectivity index (χ3n) is 3.20. The number of sulfonamides is 1. The third kappa shape index (κ3) is 50.2. The lowest BCUT2D eigenvalue weighted by Crippen LogP contribution is -2.21. The van der Waals surface area contributed by atoms with Crippen molar-refractivity contribution in [3.8, 4) is 0 Å². The van der Waals surface area contributed by atoms with Crippen molar-refractivity contribution in [3.63, 3.8) is 0 Å². The molecule has 0 rings (SSSR count). The van der Waals surface area contributed by atoms with Gasteiger partial charge in [-0.05, 0) is 37.0 Å². The third-order valence-corrected chi connectivity index (χ3v) is 6.57. The zero-order valence-corrected chi connectivity index (χ0v) is 25.6. The van der Waals surface area contributed by atoms with E-state index < -0.39 is 29.2 Å². The summed E-state index contributed by atoms with van der Waals surface area (Å²) in [7, 11) is -5.41. The predicted molar refractivity (Wildman–Crippen MR) is 157 cm³/mol. The molecule has 0 aromatic heterocycles. The quantitative estimate of drug-likeness (QED) is 0.194. The van der Waals surface area contributed by atoms with Gasteiger partial charge in [-0.2, -0.15) is 48.9 Å². The second kappa shape index (κ2) is 24.0. The highest BCUT2D eigenvalue weighted by molar-refractivity contribution is 8.13. The van der Waals surface area contributed by atoms with Crippen LogP contribution in [-0.4, -0.2) is 47.1 Å². The fourth-order valence-electron chi connectivity index (χ4n) is 2.15. The van der Waals surface area contributed by atoms with Crippen molar-refractivity contribution in [2.45, 2.75) is 40.0 Å². The molecule has 0 aromatic rings. The number of allylic oxidation sites excluding steroid dienone is 3. The van der Waals surface area contributed by atoms with Gasteiger partial charge in [-0.25, -0.2) is 22.0 Å². The minimum Gasteiger partial charge on any atom is -0.286 e. The Morgan fingerprint density at radius 1 is 0.727 bits per heavy atom. The van der Waals surface area contributed by atoms with E-state index in [1.54, 1.807) is 25.2 Å². The van der Waals surface area contributed by atoms with E-state index in [-0.39, 0.29) is 75.5 Å². The molecular formula is C18H42ClNO7S6. The summed E-state index contributed by atoms with van der Waals surface area (Å²) in [5.74, 6) is -0.0153. The molecular weight excluding hydrogens is 570 g/mol. The number of halogens is 1. The normalized spacial score (nSPS) is 13.3. The van der Waals surface area contributed by atoms with Crippen LogP contribution < -0.4 is 5.14 Å². The van der Waals surface area contributed by atoms with Gasteiger partial charge >= 0.3 is 0 Å². The molecule has 0 aliphatic carbocycles. The Hall–Kier alpha value is 0.330. The summed E-state index contributed by atoms with van der Waals surface area (Å²) in [5, 5.41) is 4.80. The second-order valence-corrected chi connectivity index (χ2v) is 13.2. The van der Waals surface area contributed by atoms with E-state index in [9.17, 15) is 25.3 Å². The molecule has 15 heteroatoms. The van der Waals surface area contributed by atoms with Crippen LogP contribution in [0.1, 0.15) is 40.0 Å². The molecule has 3 atom stereocenters. The van der Waals surface area contributed by atoms with Crippen molar-refractivity contribution >= 4 is 80.4 Å². The monoisotopic (exact) mass is 611 g/mol. The summed E-state index contributed by atoms with van der Waals surface area (Å²) in [4.78, 5) is 0. The molecule has 0 bridgehead atoms. The smallest absolute Gasteiger partial charge is 0.265 e. The van der Waals surface area contributed by atoms with Crippen molar-refractivity contribution < 1.29 is 29.8 Å². The predicted octanol–water partition coefficient (Wildman–Crippen LogP) is 3.68. The molecule has 0 radical (unpaired) electrons. The molecule has 33 heavy (non-hydrogen) atoms. The summed E-state index contributed by atoms with van der Waals surface area (Å²) in [6, 6.07) is 0. The molecule has 204 valence electrons. The maximum absolute atomic E-state index is 10.5. The minimum atomic E-state index is -3.79. The summed E-state index contributed by atoms with van der Waals surface area (Å²) < 4.78 is 70.6. The second-order valence-electron chi connectivity index (χ2n) is 7.17. The first kappa shape index (κ1) is 46.6. The Morgan fingerprint density at radius 2 is 1.00 bits per heavy atom. The fraction of sp³-hybridized carbons (Fsp3) is 0.667. The Labute approximate surface area is 227 Å². The SMILES string of the molecule is C=CC[C@H](C)CS(=O)(=O)Cl.C=CC[C@H](C)CS(=O)(=O)O.C=CC[C@H](C)CS(N)(=O)=O.S.S.S. The number of nitrogens with two attached hydrogens (primary N) is 1. The number of hydrogen-bond acceptors (Lipinski definition) is 6. The summed E-state index contributed by atoms with van der Waals surface area (Å²) in [6.45, 7) is 15.8. The van der Waals surface area contributed by atoms with Gasteiger partial charge in [-0.3, -0.25) is 4.55 Å². The topological polar surface area (TPSA) is 149 Å². The van der Waals surface area contributed by atoms with E-state index in [2.05, 4.69) is 19.7 Å². The highest BCUT2D eigenvalue weighted by Crippen LogP contribution is 2.09. The molecule has 0 spiro atoms. The van der Waals surface area contributed by atoms with E-state index in [0.717, 1.165) is 0 Å². The van der Waals surface area contributed by atoms with E-state index in [1.165, 1.54) is 0 Å². The van der Waals surface area contributed by atoms with Crippen molar-refractivity contribution in [2.75, 3.05) is 17.3 Å². The van der Waals surface area contributed by atoms with Crippen molar-refractivity contribution in [3.05, 3.63) is 38.0 Å². The average molecular weight is 612 g/mol. The van der Waals surface area contributed by atoms with Crippen LogP contribution in [0.15, 0.2) is 38.0 Å². The first-order chi connectivity index (χ1) is 13.4. The summed E-state index contributed by atoms with van der Waals surface area (Å²) >= 11 is 0. The number of hydrogen-bond donors (Lipinski definition) is 2. The van der Waals surface area contributed by atoms with Gasteiger partial charge in [0.2, 0.25) is 19.1 Å². The van der Waals surface area contributed by atoms with Gasteiger partial charge in [0.25, 0.3) is 10.1 Å². The molecule has 0 fully saturated rings. The van der Waals surface area contributed by atoms with Gasteiger partial charge in [-0.15, -0.1) is 19.7 Å². The van der Waals surface area contributed by atoms with Crippen LogP contribution in [0.3, 0.4) is 0 Å². The lowest BCUT2D eigenvalue weighted by molar-refractivity contribution is 0.470. The zero-order valence-electron chi connectivity index (χ0n) is 19.4. The lowest BCUT2D eigenvalue weighted by atomic mass is 10.1. The average Bonchev–Trinajstić information content (AvgIpc) is 2.43. The van der Waals surface area contributed by atoms with E-state index in [0.29, 0.717) is 19.3 Å². The summed E-state index contributed by atoms with van der Waals surface area (Å²) in [5.41, 5.74) is 0. The largest absolute Gasteiger partial charge is 0.286 e. The van der Waals surface area contributed by atoms with Crippen molar-refractivity contribution in [1.82, 2.24) is 0 Å². The van der Waals surface area contributed by atoms with Gasteiger partial charge < -0.3 is 0 Å². The van der Waals surface area contributed by atoms with E-state index >= 15 is 0 Å². The maximum Gasteiger partial charge on any atom is 0.265 e. The number of primary sulfonamides is 1. The lowest BCUT2D eigenvalue weighted by Gasteiger charge is -2.04. The molecule has 0 amide bonds. The molecule has 0 aromatic carbocycles. The first-order valence-electron chi connectivity index (χ1n) is 9.07. The van der Waals surface area contributed by atoms with Crippen LogP contribution in [-0.2, 0) is 29.2 Å². The minimum absolute atomic E-state index is 0. The molecule has 0 saturated carbocycles. The van der Waals surface area contributed by atoms with Crippen LogP contribution in [0.4, 0.5) is 0 Å². The standard InChI is InChI=1S/C6H11ClO2S.C6H13NO2S.C6H12O3S.3H2S/c3*1-3-4-6(2)5-10(7,8)9;;;/h3,6H,1,4-5H2,2H3;3,6H,1,4-5H2,2H3,(H2,7,8,9);3,6H,1,4-5H2,2H3,(H,7,8,9);3*1H2/t3*6-;;;/m000.../s1. The van der Waals surface area contributed by atoms with Crippen LogP contribution in [0.5, 0.6) is 0 Å². The van der Waals surface area contributed by atoms with Crippen molar-refractivity contribution in [2.24, 2.45) is 22.9 Å². The molecule has 3 N–H and O–H groups in total. The van der Waals surface area contributed by atoms with Gasteiger partial charge in [0, 0.05) is 10.7 Å². The molecule has 0 heterocycles. The van der Waals surface area contributed by atoms with Crippen LogP contribution in [0, 0.1) is 17.8 Å². The zero-order chi connectivity index (χ0) is 24.6. The number of rotatable bonds is 12. The Bertz CT molecular complexity index is 706. The van der Waals surface area contributed by atoms with Crippen LogP contribution in [0.2, 0.25) is 0 Å². The Kier molecular flexibility index (Phi) is 34.0. The molecule has 0 aliphatic heterocycles. The van der Waals surface area contributed by atoms with Gasteiger partial charge in [0.15, 0.2) is 0 Å².